The molecule has 2 N–H and O–H groups in total. The van der Waals surface area contributed by atoms with Crippen LogP contribution in [0.3, 0.4) is 0 Å². The first kappa shape index (κ1) is 16.9. The Balaban J connectivity index is 2.44. The van der Waals surface area contributed by atoms with E-state index in [1.165, 1.54) is 13.0 Å². The minimum atomic E-state index is -4.95. The number of aromatic carboxylic acids is 1. The Hall–Kier alpha value is -2.49. The molecule has 0 fully saturated rings. The predicted octanol–water partition coefficient (Wildman–Crippen LogP) is 3.11. The van der Waals surface area contributed by atoms with Gasteiger partial charge in [0.15, 0.2) is 0 Å². The first-order valence-corrected chi connectivity index (χ1v) is 7.53. The van der Waals surface area contributed by atoms with E-state index < -0.39 is 44.1 Å². The van der Waals surface area contributed by atoms with Crippen molar-refractivity contribution in [2.24, 2.45) is 0 Å². The number of carboxylic acid groups (broad SMARTS) is 1. The van der Waals surface area contributed by atoms with Gasteiger partial charge in [-0.2, -0.15) is 21.6 Å². The number of nitrogens with one attached hydrogen (secondary N) is 1. The molecule has 0 aliphatic carbocycles. The lowest BCUT2D eigenvalue weighted by atomic mass is 10.1. The van der Waals surface area contributed by atoms with Gasteiger partial charge in [-0.1, -0.05) is 0 Å². The molecule has 0 aliphatic rings. The van der Waals surface area contributed by atoms with E-state index in [0.717, 1.165) is 12.1 Å². The number of alkyl halides is 3. The minimum Gasteiger partial charge on any atom is -0.478 e. The van der Waals surface area contributed by atoms with Crippen LogP contribution in [0.1, 0.15) is 21.7 Å². The average molecular weight is 349 g/mol. The van der Waals surface area contributed by atoms with E-state index in [2.05, 4.69) is 0 Å². The molecule has 23 heavy (non-hydrogen) atoms. The number of sulfonamides is 1. The standard InChI is InChI=1S/C13H10F3NO5S/c1-7-2-5-11(22-7)23(20,21)17-8-3-4-9(12(18)19)10(6-8)13(14,15)16/h2-6,17H,1H3,(H,18,19). The van der Waals surface area contributed by atoms with E-state index in [4.69, 9.17) is 9.52 Å². The fourth-order valence-electron chi connectivity index (χ4n) is 1.79. The van der Waals surface area contributed by atoms with Gasteiger partial charge in [-0.05, 0) is 37.3 Å². The summed E-state index contributed by atoms with van der Waals surface area (Å²) in [4.78, 5) is 10.8. The van der Waals surface area contributed by atoms with Gasteiger partial charge in [0.2, 0.25) is 5.09 Å². The monoisotopic (exact) mass is 349 g/mol. The van der Waals surface area contributed by atoms with Gasteiger partial charge in [0.25, 0.3) is 10.0 Å². The van der Waals surface area contributed by atoms with E-state index in [1.54, 1.807) is 0 Å². The normalized spacial score (nSPS) is 12.2. The Morgan fingerprint density at radius 2 is 1.87 bits per heavy atom. The molecule has 2 rings (SSSR count). The molecule has 10 heteroatoms. The molecule has 0 aliphatic heterocycles. The third-order valence-electron chi connectivity index (χ3n) is 2.79. The fourth-order valence-corrected chi connectivity index (χ4v) is 2.82. The molecule has 124 valence electrons. The van der Waals surface area contributed by atoms with Crippen LogP contribution >= 0.6 is 0 Å². The van der Waals surface area contributed by atoms with Crippen molar-refractivity contribution < 1.29 is 35.9 Å². The van der Waals surface area contributed by atoms with Crippen LogP contribution in [0.4, 0.5) is 18.9 Å². The van der Waals surface area contributed by atoms with Crippen LogP contribution in [0.2, 0.25) is 0 Å². The Labute approximate surface area is 128 Å². The molecule has 1 aromatic carbocycles. The topological polar surface area (TPSA) is 96.6 Å². The van der Waals surface area contributed by atoms with Crippen molar-refractivity contribution in [2.75, 3.05) is 4.72 Å². The molecule has 0 saturated heterocycles. The van der Waals surface area contributed by atoms with Gasteiger partial charge in [-0.15, -0.1) is 0 Å². The Kier molecular flexibility index (Phi) is 4.12. The van der Waals surface area contributed by atoms with E-state index in [-0.39, 0.29) is 0 Å². The van der Waals surface area contributed by atoms with Gasteiger partial charge in [-0.25, -0.2) is 4.79 Å². The molecule has 0 amide bonds. The SMILES string of the molecule is Cc1ccc(S(=O)(=O)Nc2ccc(C(=O)O)c(C(F)(F)F)c2)o1. The third kappa shape index (κ3) is 3.65. The number of benzene rings is 1. The molecule has 6 nitrogen and oxygen atoms in total. The van der Waals surface area contributed by atoms with Crippen molar-refractivity contribution >= 4 is 21.7 Å². The Morgan fingerprint density at radius 3 is 2.35 bits per heavy atom. The summed E-state index contributed by atoms with van der Waals surface area (Å²) in [6, 6.07) is 4.54. The highest BCUT2D eigenvalue weighted by Crippen LogP contribution is 2.34. The van der Waals surface area contributed by atoms with Gasteiger partial charge in [0.05, 0.1) is 11.1 Å². The second-order valence-electron chi connectivity index (χ2n) is 4.53. The van der Waals surface area contributed by atoms with Crippen molar-refractivity contribution in [3.05, 3.63) is 47.2 Å². The predicted molar refractivity (Wildman–Crippen MR) is 72.7 cm³/mol. The lowest BCUT2D eigenvalue weighted by Crippen LogP contribution is -2.16. The van der Waals surface area contributed by atoms with Gasteiger partial charge in [-0.3, -0.25) is 4.72 Å². The van der Waals surface area contributed by atoms with Crippen LogP contribution in [-0.4, -0.2) is 19.5 Å². The number of rotatable bonds is 4. The van der Waals surface area contributed by atoms with Crippen molar-refractivity contribution in [3.63, 3.8) is 0 Å². The highest BCUT2D eigenvalue weighted by molar-refractivity contribution is 7.92. The van der Waals surface area contributed by atoms with Gasteiger partial charge in [0, 0.05) is 5.69 Å². The van der Waals surface area contributed by atoms with Gasteiger partial charge in [0.1, 0.15) is 5.76 Å². The van der Waals surface area contributed by atoms with E-state index in [0.29, 0.717) is 17.9 Å². The van der Waals surface area contributed by atoms with Gasteiger partial charge < -0.3 is 9.52 Å². The molecule has 2 aromatic rings. The van der Waals surface area contributed by atoms with Crippen molar-refractivity contribution in [1.82, 2.24) is 0 Å². The molecule has 0 saturated carbocycles. The first-order valence-electron chi connectivity index (χ1n) is 6.04. The van der Waals surface area contributed by atoms with Crippen LogP contribution in [0.5, 0.6) is 0 Å². The van der Waals surface area contributed by atoms with Crippen molar-refractivity contribution in [3.8, 4) is 0 Å². The number of anilines is 1. The summed E-state index contributed by atoms with van der Waals surface area (Å²) in [5.74, 6) is -1.46. The molecule has 0 spiro atoms. The summed E-state index contributed by atoms with van der Waals surface area (Å²) in [6.45, 7) is 1.50. The molecule has 0 bridgehead atoms. The van der Waals surface area contributed by atoms with Gasteiger partial charge >= 0.3 is 12.1 Å². The van der Waals surface area contributed by atoms with Crippen LogP contribution < -0.4 is 4.72 Å². The maximum absolute atomic E-state index is 12.9. The van der Waals surface area contributed by atoms with Crippen LogP contribution in [0.25, 0.3) is 0 Å². The zero-order chi connectivity index (χ0) is 17.4. The second-order valence-corrected chi connectivity index (χ2v) is 6.15. The van der Waals surface area contributed by atoms with Crippen molar-refractivity contribution in [1.29, 1.82) is 0 Å². The lowest BCUT2D eigenvalue weighted by Gasteiger charge is -2.13. The Morgan fingerprint density at radius 1 is 1.22 bits per heavy atom. The number of hydrogen-bond donors (Lipinski definition) is 2. The number of hydrogen-bond acceptors (Lipinski definition) is 4. The molecular formula is C13H10F3NO5S. The maximum Gasteiger partial charge on any atom is 0.417 e. The first-order chi connectivity index (χ1) is 10.5. The molecular weight excluding hydrogens is 339 g/mol. The molecule has 0 unspecified atom stereocenters. The summed E-state index contributed by atoms with van der Waals surface area (Å²) in [5.41, 5.74) is -2.87. The van der Waals surface area contributed by atoms with Crippen molar-refractivity contribution in [2.45, 2.75) is 18.2 Å². The number of carboxylic acids is 1. The molecule has 0 atom stereocenters. The summed E-state index contributed by atoms with van der Waals surface area (Å²) < 4.78 is 69.5. The quantitative estimate of drug-likeness (QED) is 0.884. The number of carbonyl (C=O) groups is 1. The highest BCUT2D eigenvalue weighted by atomic mass is 32.2. The van der Waals surface area contributed by atoms with E-state index in [1.807, 2.05) is 4.72 Å². The molecule has 0 radical (unpaired) electrons. The van der Waals surface area contributed by atoms with Crippen LogP contribution in [0, 0.1) is 6.92 Å². The zero-order valence-corrected chi connectivity index (χ0v) is 12.3. The average Bonchev–Trinajstić information content (AvgIpc) is 2.84. The summed E-state index contributed by atoms with van der Waals surface area (Å²) in [7, 11) is -4.22. The lowest BCUT2D eigenvalue weighted by molar-refractivity contribution is -0.138. The smallest absolute Gasteiger partial charge is 0.417 e. The Bertz CT molecular complexity index is 855. The summed E-state index contributed by atoms with van der Waals surface area (Å²) in [5, 5.41) is 8.31. The summed E-state index contributed by atoms with van der Waals surface area (Å²) in [6.07, 6.45) is -4.95. The highest BCUT2D eigenvalue weighted by Gasteiger charge is 2.36. The number of halogens is 3. The third-order valence-corrected chi connectivity index (χ3v) is 4.04. The van der Waals surface area contributed by atoms with Crippen LogP contribution in [0.15, 0.2) is 39.8 Å². The summed E-state index contributed by atoms with van der Waals surface area (Å²) >= 11 is 0. The number of aryl methyl sites for hydroxylation is 1. The van der Waals surface area contributed by atoms with Crippen LogP contribution in [-0.2, 0) is 16.2 Å². The second kappa shape index (κ2) is 5.61. The molecule has 1 aromatic heterocycles. The maximum atomic E-state index is 12.9. The minimum absolute atomic E-state index is 0.308. The fraction of sp³-hybridized carbons (Fsp3) is 0.154. The van der Waals surface area contributed by atoms with E-state index in [9.17, 15) is 26.4 Å². The largest absolute Gasteiger partial charge is 0.478 e. The number of furan rings is 1. The zero-order valence-electron chi connectivity index (χ0n) is 11.5. The van der Waals surface area contributed by atoms with E-state index >= 15 is 0 Å². The molecule has 1 heterocycles.